The Kier molecular flexibility index (Phi) is 6.03. The average Bonchev–Trinajstić information content (AvgIpc) is 2.68. The summed E-state index contributed by atoms with van der Waals surface area (Å²) < 4.78 is 5.57. The van der Waals surface area contributed by atoms with Gasteiger partial charge < -0.3 is 10.1 Å². The summed E-state index contributed by atoms with van der Waals surface area (Å²) in [6, 6.07) is 8.46. The van der Waals surface area contributed by atoms with E-state index in [0.717, 1.165) is 31.5 Å². The highest BCUT2D eigenvalue weighted by molar-refractivity contribution is 5.88. The van der Waals surface area contributed by atoms with E-state index in [1.54, 1.807) is 0 Å². The van der Waals surface area contributed by atoms with Crippen molar-refractivity contribution in [2.45, 2.75) is 63.8 Å². The second-order valence-electron chi connectivity index (χ2n) is 8.60. The summed E-state index contributed by atoms with van der Waals surface area (Å²) in [6.45, 7) is 10.9. The van der Waals surface area contributed by atoms with Crippen LogP contribution in [-0.2, 0) is 14.9 Å². The second-order valence-corrected chi connectivity index (χ2v) is 8.60. The molecule has 0 unspecified atom stereocenters. The molecule has 0 bridgehead atoms. The zero-order valence-electron chi connectivity index (χ0n) is 16.6. The van der Waals surface area contributed by atoms with E-state index < -0.39 is 5.41 Å². The molecule has 26 heavy (non-hydrogen) atoms. The molecular weight excluding hydrogens is 324 g/mol. The lowest BCUT2D eigenvalue weighted by molar-refractivity contribution is -0.131. The Bertz CT molecular complexity index is 597. The van der Waals surface area contributed by atoms with E-state index in [2.05, 4.69) is 55.3 Å². The van der Waals surface area contributed by atoms with Crippen LogP contribution in [0.3, 0.4) is 0 Å². The van der Waals surface area contributed by atoms with E-state index in [0.29, 0.717) is 19.8 Å². The highest BCUT2D eigenvalue weighted by Crippen LogP contribution is 2.35. The van der Waals surface area contributed by atoms with E-state index in [-0.39, 0.29) is 11.4 Å². The topological polar surface area (TPSA) is 41.6 Å². The maximum Gasteiger partial charge on any atom is 0.230 e. The quantitative estimate of drug-likeness (QED) is 0.877. The lowest BCUT2D eigenvalue weighted by Crippen LogP contribution is -2.56. The summed E-state index contributed by atoms with van der Waals surface area (Å²) in [4.78, 5) is 15.9. The van der Waals surface area contributed by atoms with Gasteiger partial charge in [-0.05, 0) is 65.1 Å². The summed E-state index contributed by atoms with van der Waals surface area (Å²) in [6.07, 6.45) is 5.37. The number of nitrogens with one attached hydrogen (secondary N) is 1. The SMILES string of the molecule is Cc1ccc(C2(C(=O)NCC(C)(C)N3CCCCC3)CCOCC2)cc1. The molecule has 0 aliphatic carbocycles. The highest BCUT2D eigenvalue weighted by atomic mass is 16.5. The van der Waals surface area contributed by atoms with E-state index in [1.165, 1.54) is 24.8 Å². The third-order valence-corrected chi connectivity index (χ3v) is 6.28. The number of likely N-dealkylation sites (tertiary alicyclic amines) is 1. The summed E-state index contributed by atoms with van der Waals surface area (Å²) in [5, 5.41) is 3.31. The number of carbonyl (C=O) groups excluding carboxylic acids is 1. The molecule has 0 atom stereocenters. The van der Waals surface area contributed by atoms with Crippen LogP contribution in [0, 0.1) is 6.92 Å². The first kappa shape index (κ1) is 19.4. The Morgan fingerprint density at radius 3 is 2.35 bits per heavy atom. The Morgan fingerprint density at radius 2 is 1.73 bits per heavy atom. The first-order chi connectivity index (χ1) is 12.4. The highest BCUT2D eigenvalue weighted by Gasteiger charge is 2.42. The van der Waals surface area contributed by atoms with Gasteiger partial charge in [0.25, 0.3) is 0 Å². The summed E-state index contributed by atoms with van der Waals surface area (Å²) in [5.41, 5.74) is 1.89. The van der Waals surface area contributed by atoms with Crippen LogP contribution in [0.2, 0.25) is 0 Å². The molecule has 2 saturated heterocycles. The fourth-order valence-corrected chi connectivity index (χ4v) is 4.32. The minimum atomic E-state index is -0.454. The molecule has 3 rings (SSSR count). The molecule has 0 radical (unpaired) electrons. The first-order valence-electron chi connectivity index (χ1n) is 10.1. The minimum Gasteiger partial charge on any atom is -0.381 e. The van der Waals surface area contributed by atoms with Crippen molar-refractivity contribution in [1.82, 2.24) is 10.2 Å². The van der Waals surface area contributed by atoms with Crippen molar-refractivity contribution in [2.24, 2.45) is 0 Å². The van der Waals surface area contributed by atoms with Gasteiger partial charge in [0.05, 0.1) is 5.41 Å². The first-order valence-corrected chi connectivity index (χ1v) is 10.1. The van der Waals surface area contributed by atoms with E-state index in [4.69, 9.17) is 4.74 Å². The predicted octanol–water partition coefficient (Wildman–Crippen LogP) is 3.42. The zero-order chi connectivity index (χ0) is 18.6. The Labute approximate surface area is 158 Å². The standard InChI is InChI=1S/C22H34N2O2/c1-18-7-9-19(10-8-18)22(11-15-26-16-12-22)20(25)23-17-21(2,3)24-13-5-4-6-14-24/h7-10H,4-6,11-17H2,1-3H3,(H,23,25). The summed E-state index contributed by atoms with van der Waals surface area (Å²) in [5.74, 6) is 0.162. The molecule has 0 spiro atoms. The fraction of sp³-hybridized carbons (Fsp3) is 0.682. The number of rotatable bonds is 5. The third-order valence-electron chi connectivity index (χ3n) is 6.28. The van der Waals surface area contributed by atoms with Crippen molar-refractivity contribution in [3.05, 3.63) is 35.4 Å². The van der Waals surface area contributed by atoms with Gasteiger partial charge in [0.2, 0.25) is 5.91 Å². The van der Waals surface area contributed by atoms with Crippen molar-refractivity contribution >= 4 is 5.91 Å². The van der Waals surface area contributed by atoms with Crippen molar-refractivity contribution in [3.63, 3.8) is 0 Å². The zero-order valence-corrected chi connectivity index (χ0v) is 16.6. The number of amides is 1. The minimum absolute atomic E-state index is 0.00425. The summed E-state index contributed by atoms with van der Waals surface area (Å²) in [7, 11) is 0. The van der Waals surface area contributed by atoms with Crippen LogP contribution < -0.4 is 5.32 Å². The van der Waals surface area contributed by atoms with Gasteiger partial charge in [0.1, 0.15) is 0 Å². The number of hydrogen-bond acceptors (Lipinski definition) is 3. The van der Waals surface area contributed by atoms with Gasteiger partial charge >= 0.3 is 0 Å². The fourth-order valence-electron chi connectivity index (χ4n) is 4.32. The normalized spacial score (nSPS) is 21.3. The Balaban J connectivity index is 1.72. The number of carbonyl (C=O) groups is 1. The van der Waals surface area contributed by atoms with Crippen LogP contribution in [0.1, 0.15) is 57.1 Å². The smallest absolute Gasteiger partial charge is 0.230 e. The van der Waals surface area contributed by atoms with Crippen molar-refractivity contribution in [3.8, 4) is 0 Å². The number of nitrogens with zero attached hydrogens (tertiary/aromatic N) is 1. The van der Waals surface area contributed by atoms with Crippen LogP contribution >= 0.6 is 0 Å². The van der Waals surface area contributed by atoms with Gasteiger partial charge in [-0.15, -0.1) is 0 Å². The maximum absolute atomic E-state index is 13.3. The molecule has 4 heteroatoms. The van der Waals surface area contributed by atoms with Gasteiger partial charge in [-0.25, -0.2) is 0 Å². The molecular formula is C22H34N2O2. The number of piperidine rings is 1. The molecule has 1 aromatic rings. The molecule has 4 nitrogen and oxygen atoms in total. The number of ether oxygens (including phenoxy) is 1. The van der Waals surface area contributed by atoms with E-state index >= 15 is 0 Å². The molecule has 2 heterocycles. The lowest BCUT2D eigenvalue weighted by atomic mass is 9.73. The summed E-state index contributed by atoms with van der Waals surface area (Å²) >= 11 is 0. The largest absolute Gasteiger partial charge is 0.381 e. The molecule has 0 saturated carbocycles. The maximum atomic E-state index is 13.3. The molecule has 2 aliphatic rings. The average molecular weight is 359 g/mol. The molecule has 144 valence electrons. The Morgan fingerprint density at radius 1 is 1.12 bits per heavy atom. The van der Waals surface area contributed by atoms with E-state index in [9.17, 15) is 4.79 Å². The van der Waals surface area contributed by atoms with Gasteiger partial charge in [0, 0.05) is 25.3 Å². The number of benzene rings is 1. The van der Waals surface area contributed by atoms with Crippen LogP contribution in [-0.4, -0.2) is 49.2 Å². The van der Waals surface area contributed by atoms with Crippen LogP contribution in [0.15, 0.2) is 24.3 Å². The molecule has 2 aliphatic heterocycles. The van der Waals surface area contributed by atoms with Gasteiger partial charge in [-0.2, -0.15) is 0 Å². The van der Waals surface area contributed by atoms with E-state index in [1.807, 2.05) is 0 Å². The lowest BCUT2D eigenvalue weighted by Gasteiger charge is -2.42. The number of aryl methyl sites for hydroxylation is 1. The van der Waals surface area contributed by atoms with Crippen molar-refractivity contribution < 1.29 is 9.53 Å². The van der Waals surface area contributed by atoms with Crippen LogP contribution in [0.25, 0.3) is 0 Å². The van der Waals surface area contributed by atoms with Crippen molar-refractivity contribution in [2.75, 3.05) is 32.8 Å². The van der Waals surface area contributed by atoms with Crippen molar-refractivity contribution in [1.29, 1.82) is 0 Å². The third kappa shape index (κ3) is 4.12. The van der Waals surface area contributed by atoms with Gasteiger partial charge in [-0.1, -0.05) is 36.2 Å². The Hall–Kier alpha value is -1.39. The molecule has 2 fully saturated rings. The molecule has 1 aromatic carbocycles. The van der Waals surface area contributed by atoms with Gasteiger partial charge in [0.15, 0.2) is 0 Å². The van der Waals surface area contributed by atoms with Crippen LogP contribution in [0.5, 0.6) is 0 Å². The monoisotopic (exact) mass is 358 g/mol. The second kappa shape index (κ2) is 8.10. The molecule has 0 aromatic heterocycles. The molecule has 1 N–H and O–H groups in total. The van der Waals surface area contributed by atoms with Crippen LogP contribution in [0.4, 0.5) is 0 Å². The van der Waals surface area contributed by atoms with Gasteiger partial charge in [-0.3, -0.25) is 9.69 Å². The predicted molar refractivity (Wildman–Crippen MR) is 105 cm³/mol. The number of hydrogen-bond donors (Lipinski definition) is 1. The molecule has 1 amide bonds.